The number of carbonyl (C=O) groups is 1. The molecule has 1 aromatic rings. The van der Waals surface area contributed by atoms with Gasteiger partial charge in [0.1, 0.15) is 5.69 Å². The molecule has 0 saturated carbocycles. The van der Waals surface area contributed by atoms with E-state index in [1.807, 2.05) is 6.92 Å². The molecule has 0 radical (unpaired) electrons. The molecule has 0 aromatic carbocycles. The average Bonchev–Trinajstić information content (AvgIpc) is 2.96. The minimum Gasteiger partial charge on any atom is -0.397 e. The van der Waals surface area contributed by atoms with Crippen LogP contribution in [0.15, 0.2) is 12.3 Å². The van der Waals surface area contributed by atoms with Gasteiger partial charge in [-0.3, -0.25) is 4.79 Å². The Balaban J connectivity index is 1.99. The second-order valence-electron chi connectivity index (χ2n) is 4.33. The predicted molar refractivity (Wildman–Crippen MR) is 65.8 cm³/mol. The number of hydrogen-bond acceptors (Lipinski definition) is 3. The molecule has 0 bridgehead atoms. The van der Waals surface area contributed by atoms with Gasteiger partial charge in [0.05, 0.1) is 6.10 Å². The predicted octanol–water partition coefficient (Wildman–Crippen LogP) is 1.24. The van der Waals surface area contributed by atoms with Crippen LogP contribution in [0.4, 0.5) is 5.69 Å². The lowest BCUT2D eigenvalue weighted by Gasteiger charge is -2.23. The molecule has 17 heavy (non-hydrogen) atoms. The minimum atomic E-state index is -0.0142. The molecule has 1 atom stereocenters. The third-order valence-corrected chi connectivity index (χ3v) is 3.05. The first-order chi connectivity index (χ1) is 8.20. The molecule has 1 aliphatic rings. The molecular weight excluding hydrogens is 218 g/mol. The Labute approximate surface area is 101 Å². The fourth-order valence-corrected chi connectivity index (χ4v) is 2.09. The van der Waals surface area contributed by atoms with Gasteiger partial charge in [-0.1, -0.05) is 0 Å². The number of amides is 1. The third kappa shape index (κ3) is 2.79. The quantitative estimate of drug-likeness (QED) is 0.827. The highest BCUT2D eigenvalue weighted by Gasteiger charge is 2.22. The number of H-pyrrole nitrogens is 1. The molecule has 3 N–H and O–H groups in total. The average molecular weight is 237 g/mol. The van der Waals surface area contributed by atoms with E-state index >= 15 is 0 Å². The van der Waals surface area contributed by atoms with Gasteiger partial charge in [0, 0.05) is 31.6 Å². The highest BCUT2D eigenvalue weighted by molar-refractivity contribution is 5.93. The molecule has 0 aliphatic carbocycles. The molecule has 1 fully saturated rings. The number of carbonyl (C=O) groups excluding carboxylic acids is 1. The largest absolute Gasteiger partial charge is 0.397 e. The van der Waals surface area contributed by atoms with Crippen molar-refractivity contribution in [2.24, 2.45) is 0 Å². The molecule has 1 unspecified atom stereocenters. The van der Waals surface area contributed by atoms with Crippen molar-refractivity contribution in [1.82, 2.24) is 9.88 Å². The van der Waals surface area contributed by atoms with Crippen molar-refractivity contribution in [3.8, 4) is 0 Å². The molecule has 1 saturated heterocycles. The number of nitrogens with two attached hydrogens (primary N) is 1. The SMILES string of the molecule is CCN(CC1CCCO1)C(=O)c1cc(N)c[nH]1. The van der Waals surface area contributed by atoms with E-state index < -0.39 is 0 Å². The Hall–Kier alpha value is -1.49. The van der Waals surface area contributed by atoms with Crippen LogP contribution in [0.25, 0.3) is 0 Å². The molecule has 2 heterocycles. The van der Waals surface area contributed by atoms with Crippen molar-refractivity contribution in [3.05, 3.63) is 18.0 Å². The van der Waals surface area contributed by atoms with Gasteiger partial charge in [-0.15, -0.1) is 0 Å². The Morgan fingerprint density at radius 3 is 3.06 bits per heavy atom. The first-order valence-corrected chi connectivity index (χ1v) is 6.05. The topological polar surface area (TPSA) is 71.3 Å². The van der Waals surface area contributed by atoms with Crippen LogP contribution in [0.5, 0.6) is 0 Å². The number of anilines is 1. The monoisotopic (exact) mass is 237 g/mol. The summed E-state index contributed by atoms with van der Waals surface area (Å²) in [6, 6.07) is 1.67. The summed E-state index contributed by atoms with van der Waals surface area (Å²) in [6.07, 6.45) is 3.95. The second kappa shape index (κ2) is 5.23. The van der Waals surface area contributed by atoms with E-state index in [2.05, 4.69) is 4.98 Å². The van der Waals surface area contributed by atoms with Gasteiger partial charge in [-0.05, 0) is 25.8 Å². The number of likely N-dealkylation sites (N-methyl/N-ethyl adjacent to an activating group) is 1. The van der Waals surface area contributed by atoms with Gasteiger partial charge >= 0.3 is 0 Å². The summed E-state index contributed by atoms with van der Waals surface area (Å²) in [5.74, 6) is -0.0142. The third-order valence-electron chi connectivity index (χ3n) is 3.05. The van der Waals surface area contributed by atoms with Crippen LogP contribution in [-0.2, 0) is 4.74 Å². The summed E-state index contributed by atoms with van der Waals surface area (Å²) in [7, 11) is 0. The molecule has 94 valence electrons. The molecule has 0 spiro atoms. The Morgan fingerprint density at radius 1 is 1.71 bits per heavy atom. The van der Waals surface area contributed by atoms with Gasteiger partial charge < -0.3 is 20.4 Å². The van der Waals surface area contributed by atoms with E-state index in [4.69, 9.17) is 10.5 Å². The summed E-state index contributed by atoms with van der Waals surface area (Å²) >= 11 is 0. The molecule has 5 nitrogen and oxygen atoms in total. The number of nitrogens with zero attached hydrogens (tertiary/aromatic N) is 1. The Kier molecular flexibility index (Phi) is 3.68. The molecule has 1 aliphatic heterocycles. The van der Waals surface area contributed by atoms with Crippen molar-refractivity contribution in [1.29, 1.82) is 0 Å². The summed E-state index contributed by atoms with van der Waals surface area (Å²) in [6.45, 7) is 4.12. The first kappa shape index (κ1) is 12.0. The number of aromatic nitrogens is 1. The van der Waals surface area contributed by atoms with Crippen molar-refractivity contribution in [2.75, 3.05) is 25.4 Å². The first-order valence-electron chi connectivity index (χ1n) is 6.05. The maximum atomic E-state index is 12.2. The Bertz CT molecular complexity index is 383. The Morgan fingerprint density at radius 2 is 2.53 bits per heavy atom. The van der Waals surface area contributed by atoms with E-state index in [1.165, 1.54) is 0 Å². The van der Waals surface area contributed by atoms with Crippen molar-refractivity contribution in [2.45, 2.75) is 25.9 Å². The lowest BCUT2D eigenvalue weighted by Crippen LogP contribution is -2.37. The summed E-state index contributed by atoms with van der Waals surface area (Å²) in [4.78, 5) is 16.8. The molecule has 1 amide bonds. The smallest absolute Gasteiger partial charge is 0.270 e. The lowest BCUT2D eigenvalue weighted by molar-refractivity contribution is 0.0535. The normalized spacial score (nSPS) is 19.5. The van der Waals surface area contributed by atoms with E-state index in [0.717, 1.165) is 19.4 Å². The van der Waals surface area contributed by atoms with Gasteiger partial charge in [-0.25, -0.2) is 0 Å². The van der Waals surface area contributed by atoms with E-state index in [-0.39, 0.29) is 12.0 Å². The zero-order chi connectivity index (χ0) is 12.3. The number of nitrogen functional groups attached to an aromatic ring is 1. The van der Waals surface area contributed by atoms with Crippen LogP contribution < -0.4 is 5.73 Å². The van der Waals surface area contributed by atoms with Crippen molar-refractivity contribution < 1.29 is 9.53 Å². The second-order valence-corrected chi connectivity index (χ2v) is 4.33. The standard InChI is InChI=1S/C12H19N3O2/c1-2-15(8-10-4-3-5-17-10)12(16)11-6-9(13)7-14-11/h6-7,10,14H,2-5,8,13H2,1H3. The van der Waals surface area contributed by atoms with Crippen molar-refractivity contribution >= 4 is 11.6 Å². The van der Waals surface area contributed by atoms with Gasteiger partial charge in [0.25, 0.3) is 5.91 Å². The van der Waals surface area contributed by atoms with E-state index in [9.17, 15) is 4.79 Å². The number of aromatic amines is 1. The van der Waals surface area contributed by atoms with Gasteiger partial charge in [-0.2, -0.15) is 0 Å². The highest BCUT2D eigenvalue weighted by atomic mass is 16.5. The summed E-state index contributed by atoms with van der Waals surface area (Å²) < 4.78 is 5.55. The zero-order valence-electron chi connectivity index (χ0n) is 10.1. The molecule has 1 aromatic heterocycles. The minimum absolute atomic E-state index is 0.0142. The zero-order valence-corrected chi connectivity index (χ0v) is 10.1. The van der Waals surface area contributed by atoms with Crippen LogP contribution in [0, 0.1) is 0 Å². The van der Waals surface area contributed by atoms with Gasteiger partial charge in [0.15, 0.2) is 0 Å². The maximum absolute atomic E-state index is 12.2. The van der Waals surface area contributed by atoms with E-state index in [1.54, 1.807) is 17.2 Å². The van der Waals surface area contributed by atoms with Crippen LogP contribution in [0.1, 0.15) is 30.3 Å². The van der Waals surface area contributed by atoms with Crippen LogP contribution in [0.2, 0.25) is 0 Å². The lowest BCUT2D eigenvalue weighted by atomic mass is 10.2. The molecule has 5 heteroatoms. The molecule has 2 rings (SSSR count). The van der Waals surface area contributed by atoms with Crippen molar-refractivity contribution in [3.63, 3.8) is 0 Å². The number of nitrogens with one attached hydrogen (secondary N) is 1. The summed E-state index contributed by atoms with van der Waals surface area (Å²) in [5, 5.41) is 0. The number of ether oxygens (including phenoxy) is 1. The summed E-state index contributed by atoms with van der Waals surface area (Å²) in [5.41, 5.74) is 6.72. The number of rotatable bonds is 4. The maximum Gasteiger partial charge on any atom is 0.270 e. The highest BCUT2D eigenvalue weighted by Crippen LogP contribution is 2.15. The fourth-order valence-electron chi connectivity index (χ4n) is 2.09. The van der Waals surface area contributed by atoms with Crippen LogP contribution >= 0.6 is 0 Å². The van der Waals surface area contributed by atoms with Gasteiger partial charge in [0.2, 0.25) is 0 Å². The van der Waals surface area contributed by atoms with E-state index in [0.29, 0.717) is 24.5 Å². The molecular formula is C12H19N3O2. The van der Waals surface area contributed by atoms with Crippen LogP contribution in [0.3, 0.4) is 0 Å². The van der Waals surface area contributed by atoms with Crippen LogP contribution in [-0.4, -0.2) is 41.6 Å². The number of hydrogen-bond donors (Lipinski definition) is 2. The fraction of sp³-hybridized carbons (Fsp3) is 0.583.